The van der Waals surface area contributed by atoms with Crippen molar-refractivity contribution in [1.82, 2.24) is 5.32 Å². The monoisotopic (exact) mass is 321 g/mol. The molecule has 1 unspecified atom stereocenters. The molecule has 1 aliphatic carbocycles. The van der Waals surface area contributed by atoms with E-state index in [0.29, 0.717) is 6.42 Å². The summed E-state index contributed by atoms with van der Waals surface area (Å²) in [5, 5.41) is 11.4. The van der Waals surface area contributed by atoms with Crippen LogP contribution in [0.3, 0.4) is 0 Å². The van der Waals surface area contributed by atoms with E-state index in [1.54, 1.807) is 0 Å². The molecular weight excluding hydrogens is 294 g/mol. The van der Waals surface area contributed by atoms with Gasteiger partial charge in [0.05, 0.1) is 18.9 Å². The van der Waals surface area contributed by atoms with Crippen LogP contribution in [0.1, 0.15) is 52.9 Å². The third-order valence-electron chi connectivity index (χ3n) is 4.60. The molecular formula is C14H27NO5S. The second-order valence-electron chi connectivity index (χ2n) is 7.08. The van der Waals surface area contributed by atoms with E-state index in [0.717, 1.165) is 31.9 Å². The molecule has 1 aliphatic rings. The molecule has 1 atom stereocenters. The molecule has 0 aromatic rings. The zero-order valence-corrected chi connectivity index (χ0v) is 14.1. The molecule has 0 spiro atoms. The van der Waals surface area contributed by atoms with Crippen LogP contribution in [-0.2, 0) is 14.3 Å². The second kappa shape index (κ2) is 6.52. The molecule has 1 fully saturated rings. The largest absolute Gasteiger partial charge is 0.465 e. The van der Waals surface area contributed by atoms with Crippen molar-refractivity contribution in [3.8, 4) is 0 Å². The van der Waals surface area contributed by atoms with Crippen LogP contribution in [0, 0.1) is 10.8 Å². The van der Waals surface area contributed by atoms with Crippen molar-refractivity contribution in [2.24, 2.45) is 10.8 Å². The molecule has 21 heavy (non-hydrogen) atoms. The van der Waals surface area contributed by atoms with E-state index in [1.807, 2.05) is 0 Å². The van der Waals surface area contributed by atoms with Crippen molar-refractivity contribution in [1.29, 1.82) is 0 Å². The minimum Gasteiger partial charge on any atom is -0.465 e. The van der Waals surface area contributed by atoms with Crippen LogP contribution in [0.2, 0.25) is 0 Å². The van der Waals surface area contributed by atoms with Gasteiger partial charge >= 0.3 is 6.09 Å². The second-order valence-corrected chi connectivity index (χ2v) is 8.72. The summed E-state index contributed by atoms with van der Waals surface area (Å²) in [5.41, 5.74) is 0.0496. The van der Waals surface area contributed by atoms with Crippen molar-refractivity contribution in [2.75, 3.05) is 12.9 Å². The number of rotatable bonds is 6. The molecule has 0 heterocycles. The first-order valence-electron chi connectivity index (χ1n) is 7.29. The summed E-state index contributed by atoms with van der Waals surface area (Å²) >= 11 is 0. The van der Waals surface area contributed by atoms with Crippen LogP contribution in [0.5, 0.6) is 0 Å². The summed E-state index contributed by atoms with van der Waals surface area (Å²) in [6.45, 7) is 6.33. The first-order valence-corrected chi connectivity index (χ1v) is 9.11. The highest BCUT2D eigenvalue weighted by molar-refractivity contribution is 7.85. The van der Waals surface area contributed by atoms with E-state index in [4.69, 9.17) is 9.29 Å². The van der Waals surface area contributed by atoms with Crippen LogP contribution in [-0.4, -0.2) is 38.5 Å². The summed E-state index contributed by atoms with van der Waals surface area (Å²) in [5.74, 6) is 0. The van der Waals surface area contributed by atoms with Gasteiger partial charge in [-0.25, -0.2) is 4.79 Å². The number of hydrogen-bond acceptors (Lipinski definition) is 4. The van der Waals surface area contributed by atoms with Crippen molar-refractivity contribution in [3.63, 3.8) is 0 Å². The predicted octanol–water partition coefficient (Wildman–Crippen LogP) is 2.60. The Hall–Kier alpha value is -0.820. The molecule has 0 radical (unpaired) electrons. The van der Waals surface area contributed by atoms with Gasteiger partial charge in [-0.1, -0.05) is 33.6 Å². The zero-order valence-electron chi connectivity index (χ0n) is 13.3. The molecule has 124 valence electrons. The van der Waals surface area contributed by atoms with Gasteiger partial charge in [0.15, 0.2) is 0 Å². The Labute approximate surface area is 127 Å². The highest BCUT2D eigenvalue weighted by atomic mass is 32.2. The fourth-order valence-corrected chi connectivity index (χ4v) is 3.73. The maximum Gasteiger partial charge on any atom is 0.404 e. The van der Waals surface area contributed by atoms with E-state index >= 15 is 0 Å². The molecule has 0 saturated heterocycles. The van der Waals surface area contributed by atoms with E-state index < -0.39 is 22.3 Å². The Morgan fingerprint density at radius 3 is 2.24 bits per heavy atom. The van der Waals surface area contributed by atoms with Crippen LogP contribution >= 0.6 is 0 Å². The van der Waals surface area contributed by atoms with Gasteiger partial charge in [0.2, 0.25) is 0 Å². The Balaban J connectivity index is 2.85. The molecule has 2 N–H and O–H groups in total. The van der Waals surface area contributed by atoms with Gasteiger partial charge in [-0.3, -0.25) is 4.18 Å². The summed E-state index contributed by atoms with van der Waals surface area (Å²) in [7, 11) is -3.58. The lowest BCUT2D eigenvalue weighted by molar-refractivity contribution is 0.0590. The number of nitrogens with one attached hydrogen (secondary N) is 1. The summed E-state index contributed by atoms with van der Waals surface area (Å²) in [4.78, 5) is 10.9. The van der Waals surface area contributed by atoms with Crippen LogP contribution in [0.15, 0.2) is 0 Å². The molecule has 0 bridgehead atoms. The first-order chi connectivity index (χ1) is 9.45. The molecule has 1 amide bonds. The lowest BCUT2D eigenvalue weighted by Gasteiger charge is -2.44. The summed E-state index contributed by atoms with van der Waals surface area (Å²) < 4.78 is 27.1. The smallest absolute Gasteiger partial charge is 0.404 e. The minimum absolute atomic E-state index is 0.0149. The number of carboxylic acid groups (broad SMARTS) is 1. The Kier molecular flexibility index (Phi) is 5.66. The SMILES string of the molecule is CC(C)(C)C1(CC(COS(C)(=O)=O)NC(=O)O)CCCC1. The van der Waals surface area contributed by atoms with Crippen LogP contribution in [0.25, 0.3) is 0 Å². The maximum absolute atomic E-state index is 11.1. The lowest BCUT2D eigenvalue weighted by atomic mass is 9.62. The summed E-state index contributed by atoms with van der Waals surface area (Å²) in [6.07, 6.45) is 4.74. The van der Waals surface area contributed by atoms with E-state index in [1.165, 1.54) is 0 Å². The average molecular weight is 321 g/mol. The van der Waals surface area contributed by atoms with Gasteiger partial charge in [-0.2, -0.15) is 8.42 Å². The Morgan fingerprint density at radius 1 is 1.33 bits per heavy atom. The highest BCUT2D eigenvalue weighted by Gasteiger charge is 2.45. The highest BCUT2D eigenvalue weighted by Crippen LogP contribution is 2.54. The van der Waals surface area contributed by atoms with Crippen molar-refractivity contribution >= 4 is 16.2 Å². The summed E-state index contributed by atoms with van der Waals surface area (Å²) in [6, 6.07) is -0.519. The Morgan fingerprint density at radius 2 is 1.86 bits per heavy atom. The molecule has 0 aliphatic heterocycles. The Bertz CT molecular complexity index is 460. The number of amides is 1. The van der Waals surface area contributed by atoms with E-state index in [-0.39, 0.29) is 17.4 Å². The maximum atomic E-state index is 11.1. The quantitative estimate of drug-likeness (QED) is 0.734. The van der Waals surface area contributed by atoms with Crippen LogP contribution in [0.4, 0.5) is 4.79 Å². The molecule has 1 rings (SSSR count). The number of hydrogen-bond donors (Lipinski definition) is 2. The molecule has 6 nitrogen and oxygen atoms in total. The predicted molar refractivity (Wildman–Crippen MR) is 80.7 cm³/mol. The normalized spacial score (nSPS) is 20.2. The first kappa shape index (κ1) is 18.2. The third kappa shape index (κ3) is 5.47. The number of carbonyl (C=O) groups is 1. The van der Waals surface area contributed by atoms with Gasteiger partial charge in [0.1, 0.15) is 0 Å². The average Bonchev–Trinajstić information content (AvgIpc) is 2.73. The fourth-order valence-electron chi connectivity index (χ4n) is 3.32. The van der Waals surface area contributed by atoms with Crippen molar-refractivity contribution in [2.45, 2.75) is 58.9 Å². The van der Waals surface area contributed by atoms with Gasteiger partial charge in [0.25, 0.3) is 10.1 Å². The van der Waals surface area contributed by atoms with Gasteiger partial charge < -0.3 is 10.4 Å². The molecule has 0 aromatic carbocycles. The standard InChI is InChI=1S/C14H27NO5S/c1-13(2,3)14(7-5-6-8-14)9-11(15-12(16)17)10-20-21(4,18)19/h11,15H,5-10H2,1-4H3,(H,16,17). The fraction of sp³-hybridized carbons (Fsp3) is 0.929. The van der Waals surface area contributed by atoms with Gasteiger partial charge in [0, 0.05) is 0 Å². The van der Waals surface area contributed by atoms with Gasteiger partial charge in [-0.05, 0) is 30.1 Å². The van der Waals surface area contributed by atoms with E-state index in [9.17, 15) is 13.2 Å². The zero-order chi connectivity index (χ0) is 16.3. The molecule has 7 heteroatoms. The minimum atomic E-state index is -3.58. The molecule has 1 saturated carbocycles. The lowest BCUT2D eigenvalue weighted by Crippen LogP contribution is -2.45. The van der Waals surface area contributed by atoms with Gasteiger partial charge in [-0.15, -0.1) is 0 Å². The van der Waals surface area contributed by atoms with E-state index in [2.05, 4.69) is 26.1 Å². The third-order valence-corrected chi connectivity index (χ3v) is 5.16. The van der Waals surface area contributed by atoms with Crippen LogP contribution < -0.4 is 5.32 Å². The van der Waals surface area contributed by atoms with Crippen molar-refractivity contribution in [3.05, 3.63) is 0 Å². The van der Waals surface area contributed by atoms with Crippen molar-refractivity contribution < 1.29 is 22.5 Å². The topological polar surface area (TPSA) is 92.7 Å². The molecule has 0 aromatic heterocycles.